The van der Waals surface area contributed by atoms with Crippen LogP contribution in [0.3, 0.4) is 0 Å². The van der Waals surface area contributed by atoms with E-state index >= 15 is 0 Å². The van der Waals surface area contributed by atoms with Gasteiger partial charge in [-0.1, -0.05) is 54.2 Å². The number of carbonyl (C=O) groups excluding carboxylic acids is 1. The van der Waals surface area contributed by atoms with E-state index in [1.54, 1.807) is 19.2 Å². The molecule has 6 heteroatoms. The molecule has 0 N–H and O–H groups in total. The van der Waals surface area contributed by atoms with E-state index in [1.807, 2.05) is 41.8 Å². The molecule has 1 heterocycles. The maximum atomic E-state index is 12.4. The van der Waals surface area contributed by atoms with Crippen molar-refractivity contribution in [2.24, 2.45) is 0 Å². The second-order valence-corrected chi connectivity index (χ2v) is 6.49. The van der Waals surface area contributed by atoms with Crippen LogP contribution in [0.2, 0.25) is 0 Å². The summed E-state index contributed by atoms with van der Waals surface area (Å²) in [5.41, 5.74) is 1.81. The summed E-state index contributed by atoms with van der Waals surface area (Å²) in [6.07, 6.45) is 0. The molecule has 1 aromatic heterocycles. The highest BCUT2D eigenvalue weighted by atomic mass is 32.2. The van der Waals surface area contributed by atoms with E-state index in [2.05, 4.69) is 22.3 Å². The summed E-state index contributed by atoms with van der Waals surface area (Å²) in [5, 5.41) is 9.11. The maximum absolute atomic E-state index is 12.4. The Morgan fingerprint density at radius 2 is 1.92 bits per heavy atom. The molecule has 0 aliphatic carbocycles. The van der Waals surface area contributed by atoms with Gasteiger partial charge in [-0.25, -0.2) is 0 Å². The maximum Gasteiger partial charge on any atom is 0.191 e. The minimum atomic E-state index is 0.0378. The van der Waals surface area contributed by atoms with Crippen LogP contribution in [0.5, 0.6) is 5.75 Å². The number of thioether (sulfide) groups is 1. The van der Waals surface area contributed by atoms with Crippen LogP contribution >= 0.6 is 11.8 Å². The molecule has 0 aliphatic rings. The average Bonchev–Trinajstić information content (AvgIpc) is 3.00. The van der Waals surface area contributed by atoms with Crippen LogP contribution < -0.4 is 4.74 Å². The monoisotopic (exact) mass is 353 g/mol. The van der Waals surface area contributed by atoms with Crippen LogP contribution in [-0.4, -0.2) is 33.4 Å². The zero-order valence-corrected chi connectivity index (χ0v) is 15.0. The molecule has 3 rings (SSSR count). The van der Waals surface area contributed by atoms with E-state index in [0.717, 1.165) is 11.0 Å². The molecule has 2 aromatic carbocycles. The molecule has 3 aromatic rings. The number of nitrogens with zero attached hydrogens (tertiary/aromatic N) is 3. The van der Waals surface area contributed by atoms with Gasteiger partial charge in [0, 0.05) is 5.56 Å². The van der Waals surface area contributed by atoms with Crippen molar-refractivity contribution < 1.29 is 9.53 Å². The molecule has 0 radical (unpaired) electrons. The SMILES string of the molecule is COc1cccc(C(=O)CSc2nnc(C)n2Cc2ccccc2)c1. The molecule has 0 bridgehead atoms. The van der Waals surface area contributed by atoms with E-state index in [0.29, 0.717) is 23.6 Å². The third-order valence-corrected chi connectivity index (χ3v) is 4.78. The van der Waals surface area contributed by atoms with Crippen LogP contribution in [0.1, 0.15) is 21.7 Å². The highest BCUT2D eigenvalue weighted by molar-refractivity contribution is 7.99. The second kappa shape index (κ2) is 7.98. The summed E-state index contributed by atoms with van der Waals surface area (Å²) in [6.45, 7) is 2.61. The number of ether oxygens (including phenoxy) is 1. The van der Waals surface area contributed by atoms with Gasteiger partial charge in [-0.15, -0.1) is 10.2 Å². The lowest BCUT2D eigenvalue weighted by molar-refractivity contribution is 0.102. The molecule has 0 unspecified atom stereocenters. The van der Waals surface area contributed by atoms with Crippen molar-refractivity contribution in [3.63, 3.8) is 0 Å². The largest absolute Gasteiger partial charge is 0.497 e. The predicted octanol–water partition coefficient (Wildman–Crippen LogP) is 3.62. The normalized spacial score (nSPS) is 10.6. The van der Waals surface area contributed by atoms with Gasteiger partial charge in [0.15, 0.2) is 10.9 Å². The van der Waals surface area contributed by atoms with Gasteiger partial charge >= 0.3 is 0 Å². The molecule has 25 heavy (non-hydrogen) atoms. The van der Waals surface area contributed by atoms with Crippen LogP contribution in [0.25, 0.3) is 0 Å². The summed E-state index contributed by atoms with van der Waals surface area (Å²) in [5.74, 6) is 1.86. The fraction of sp³-hybridized carbons (Fsp3) is 0.211. The first-order valence-corrected chi connectivity index (χ1v) is 8.89. The van der Waals surface area contributed by atoms with Crippen LogP contribution in [-0.2, 0) is 6.54 Å². The molecule has 0 saturated carbocycles. The van der Waals surface area contributed by atoms with Crippen LogP contribution in [0, 0.1) is 6.92 Å². The zero-order chi connectivity index (χ0) is 17.6. The van der Waals surface area contributed by atoms with E-state index < -0.39 is 0 Å². The Labute approximate surface area is 151 Å². The number of Topliss-reactive ketones (excluding diaryl/α,β-unsaturated/α-hetero) is 1. The Bertz CT molecular complexity index is 862. The summed E-state index contributed by atoms with van der Waals surface area (Å²) >= 11 is 1.40. The Kier molecular flexibility index (Phi) is 5.50. The standard InChI is InChI=1S/C19H19N3O2S/c1-14-20-21-19(22(14)12-15-7-4-3-5-8-15)25-13-18(23)16-9-6-10-17(11-16)24-2/h3-11H,12-13H2,1-2H3. The number of aryl methyl sites for hydroxylation is 1. The lowest BCUT2D eigenvalue weighted by atomic mass is 10.1. The van der Waals surface area contributed by atoms with Crippen LogP contribution in [0.4, 0.5) is 0 Å². The van der Waals surface area contributed by atoms with E-state index in [-0.39, 0.29) is 5.78 Å². The van der Waals surface area contributed by atoms with Gasteiger partial charge in [0.05, 0.1) is 19.4 Å². The molecule has 0 saturated heterocycles. The molecule has 0 aliphatic heterocycles. The topological polar surface area (TPSA) is 57.0 Å². The number of aromatic nitrogens is 3. The quantitative estimate of drug-likeness (QED) is 0.480. The Hall–Kier alpha value is -2.60. The average molecular weight is 353 g/mol. The smallest absolute Gasteiger partial charge is 0.191 e. The van der Waals surface area contributed by atoms with Crippen molar-refractivity contribution in [1.29, 1.82) is 0 Å². The van der Waals surface area contributed by atoms with Gasteiger partial charge in [0.1, 0.15) is 11.6 Å². The molecular weight excluding hydrogens is 334 g/mol. The summed E-state index contributed by atoms with van der Waals surface area (Å²) in [4.78, 5) is 12.4. The van der Waals surface area contributed by atoms with Gasteiger partial charge < -0.3 is 9.30 Å². The number of hydrogen-bond donors (Lipinski definition) is 0. The van der Waals surface area contributed by atoms with Crippen molar-refractivity contribution in [2.75, 3.05) is 12.9 Å². The first-order valence-electron chi connectivity index (χ1n) is 7.91. The zero-order valence-electron chi connectivity index (χ0n) is 14.2. The molecule has 0 spiro atoms. The first-order chi connectivity index (χ1) is 12.2. The van der Waals surface area contributed by atoms with Crippen molar-refractivity contribution >= 4 is 17.5 Å². The van der Waals surface area contributed by atoms with Crippen molar-refractivity contribution in [3.05, 3.63) is 71.5 Å². The number of benzene rings is 2. The molecular formula is C19H19N3O2S. The molecule has 0 atom stereocenters. The second-order valence-electron chi connectivity index (χ2n) is 5.55. The fourth-order valence-corrected chi connectivity index (χ4v) is 3.30. The van der Waals surface area contributed by atoms with Gasteiger partial charge in [-0.2, -0.15) is 0 Å². The number of hydrogen-bond acceptors (Lipinski definition) is 5. The predicted molar refractivity (Wildman–Crippen MR) is 98.4 cm³/mol. The fourth-order valence-electron chi connectivity index (χ4n) is 2.43. The Balaban J connectivity index is 1.70. The Morgan fingerprint density at radius 3 is 2.68 bits per heavy atom. The lowest BCUT2D eigenvalue weighted by Crippen LogP contribution is -2.07. The Morgan fingerprint density at radius 1 is 1.12 bits per heavy atom. The number of methoxy groups -OCH3 is 1. The van der Waals surface area contributed by atoms with Gasteiger partial charge in [-0.3, -0.25) is 4.79 Å². The number of carbonyl (C=O) groups is 1. The van der Waals surface area contributed by atoms with Crippen molar-refractivity contribution in [3.8, 4) is 5.75 Å². The third kappa shape index (κ3) is 4.28. The summed E-state index contributed by atoms with van der Waals surface area (Å²) in [6, 6.07) is 17.3. The molecule has 128 valence electrons. The third-order valence-electron chi connectivity index (χ3n) is 3.81. The highest BCUT2D eigenvalue weighted by Crippen LogP contribution is 2.21. The minimum absolute atomic E-state index is 0.0378. The van der Waals surface area contributed by atoms with E-state index in [1.165, 1.54) is 17.3 Å². The van der Waals surface area contributed by atoms with Crippen molar-refractivity contribution in [1.82, 2.24) is 14.8 Å². The molecule has 0 fully saturated rings. The van der Waals surface area contributed by atoms with E-state index in [4.69, 9.17) is 4.74 Å². The highest BCUT2D eigenvalue weighted by Gasteiger charge is 2.13. The first kappa shape index (κ1) is 17.2. The van der Waals surface area contributed by atoms with Gasteiger partial charge in [-0.05, 0) is 24.6 Å². The van der Waals surface area contributed by atoms with Crippen molar-refractivity contribution in [2.45, 2.75) is 18.6 Å². The molecule has 5 nitrogen and oxygen atoms in total. The van der Waals surface area contributed by atoms with Gasteiger partial charge in [0.25, 0.3) is 0 Å². The minimum Gasteiger partial charge on any atom is -0.497 e. The summed E-state index contributed by atoms with van der Waals surface area (Å²) < 4.78 is 7.20. The van der Waals surface area contributed by atoms with Crippen LogP contribution in [0.15, 0.2) is 59.8 Å². The summed E-state index contributed by atoms with van der Waals surface area (Å²) in [7, 11) is 1.59. The van der Waals surface area contributed by atoms with Gasteiger partial charge in [0.2, 0.25) is 0 Å². The van der Waals surface area contributed by atoms with E-state index in [9.17, 15) is 4.79 Å². The lowest BCUT2D eigenvalue weighted by Gasteiger charge is -2.08. The molecule has 0 amide bonds. The number of rotatable bonds is 7. The number of ketones is 1.